The van der Waals surface area contributed by atoms with Crippen molar-refractivity contribution >= 4 is 11.7 Å². The van der Waals surface area contributed by atoms with Crippen LogP contribution >= 0.6 is 0 Å². The number of rotatable bonds is 2. The first-order valence-electron chi connectivity index (χ1n) is 8.55. The van der Waals surface area contributed by atoms with Crippen molar-refractivity contribution in [2.24, 2.45) is 0 Å². The number of amides is 1. The van der Waals surface area contributed by atoms with E-state index in [1.807, 2.05) is 38.1 Å². The average Bonchev–Trinajstić information content (AvgIpc) is 2.62. The van der Waals surface area contributed by atoms with Crippen molar-refractivity contribution in [2.75, 3.05) is 4.90 Å². The molecule has 1 unspecified atom stereocenters. The number of aryl methyl sites for hydroxylation is 1. The number of halogens is 1. The lowest BCUT2D eigenvalue weighted by molar-refractivity contribution is 0.0969. The van der Waals surface area contributed by atoms with Crippen molar-refractivity contribution in [3.05, 3.63) is 77.4 Å². The molecule has 3 aromatic rings. The number of nitrogens with zero attached hydrogens (tertiary/aromatic N) is 3. The molecule has 0 spiro atoms. The molecule has 0 aliphatic carbocycles. The molecule has 2 aromatic heterocycles. The summed E-state index contributed by atoms with van der Waals surface area (Å²) in [6.07, 6.45) is 2.40. The van der Waals surface area contributed by atoms with Crippen molar-refractivity contribution in [3.63, 3.8) is 0 Å². The molecule has 0 fully saturated rings. The molecule has 1 aliphatic heterocycles. The second-order valence-electron chi connectivity index (χ2n) is 6.57. The fraction of sp³-hybridized carbons (Fsp3) is 0.190. The minimum absolute atomic E-state index is 0.00670. The number of carbonyl (C=O) groups excluding carboxylic acids is 1. The van der Waals surface area contributed by atoms with Crippen molar-refractivity contribution in [3.8, 4) is 11.3 Å². The van der Waals surface area contributed by atoms with Gasteiger partial charge in [-0.15, -0.1) is 0 Å². The summed E-state index contributed by atoms with van der Waals surface area (Å²) in [4.78, 5) is 24.0. The third kappa shape index (κ3) is 2.75. The zero-order chi connectivity index (χ0) is 18.3. The summed E-state index contributed by atoms with van der Waals surface area (Å²) in [6, 6.07) is 13.6. The van der Waals surface area contributed by atoms with Gasteiger partial charge in [0.1, 0.15) is 11.6 Å². The van der Waals surface area contributed by atoms with E-state index in [1.54, 1.807) is 23.2 Å². The molecule has 1 aromatic carbocycles. The van der Waals surface area contributed by atoms with Crippen LogP contribution in [0.1, 0.15) is 28.5 Å². The standard InChI is InChI=1S/C21H18FN3O/c1-13-11-16-12-14(2)25(18-5-3-4-10-23-18)21(26)19(16)20(24-13)15-6-8-17(22)9-7-15/h3-11,14H,12H2,1-2H3. The molecule has 0 saturated carbocycles. The van der Waals surface area contributed by atoms with Gasteiger partial charge in [0.25, 0.3) is 5.91 Å². The highest BCUT2D eigenvalue weighted by molar-refractivity contribution is 6.11. The maximum absolute atomic E-state index is 13.4. The predicted molar refractivity (Wildman–Crippen MR) is 98.6 cm³/mol. The van der Waals surface area contributed by atoms with Crippen LogP contribution in [-0.4, -0.2) is 21.9 Å². The van der Waals surface area contributed by atoms with E-state index in [-0.39, 0.29) is 17.8 Å². The molecule has 0 bridgehead atoms. The Labute approximate surface area is 151 Å². The molecule has 130 valence electrons. The summed E-state index contributed by atoms with van der Waals surface area (Å²) >= 11 is 0. The van der Waals surface area contributed by atoms with Crippen LogP contribution in [-0.2, 0) is 6.42 Å². The first kappa shape index (κ1) is 16.4. The van der Waals surface area contributed by atoms with Crippen LogP contribution in [0, 0.1) is 12.7 Å². The highest BCUT2D eigenvalue weighted by Gasteiger charge is 2.34. The molecule has 1 aliphatic rings. The van der Waals surface area contributed by atoms with E-state index in [0.717, 1.165) is 23.2 Å². The highest BCUT2D eigenvalue weighted by atomic mass is 19.1. The lowest BCUT2D eigenvalue weighted by atomic mass is 9.90. The molecule has 0 radical (unpaired) electrons. The summed E-state index contributed by atoms with van der Waals surface area (Å²) < 4.78 is 13.3. The summed E-state index contributed by atoms with van der Waals surface area (Å²) in [6.45, 7) is 3.93. The van der Waals surface area contributed by atoms with Crippen molar-refractivity contribution in [2.45, 2.75) is 26.3 Å². The summed E-state index contributed by atoms with van der Waals surface area (Å²) in [5, 5.41) is 0. The molecular weight excluding hydrogens is 329 g/mol. The zero-order valence-electron chi connectivity index (χ0n) is 14.6. The number of fused-ring (bicyclic) bond motifs is 1. The molecule has 3 heterocycles. The molecule has 0 saturated heterocycles. The lowest BCUT2D eigenvalue weighted by Gasteiger charge is -2.34. The number of hydrogen-bond acceptors (Lipinski definition) is 3. The summed E-state index contributed by atoms with van der Waals surface area (Å²) in [5.41, 5.74) is 3.72. The summed E-state index contributed by atoms with van der Waals surface area (Å²) in [5.74, 6) is 0.191. The van der Waals surface area contributed by atoms with Gasteiger partial charge >= 0.3 is 0 Å². The number of hydrogen-bond donors (Lipinski definition) is 0. The van der Waals surface area contributed by atoms with E-state index >= 15 is 0 Å². The van der Waals surface area contributed by atoms with Gasteiger partial charge in [-0.05, 0) is 68.3 Å². The third-order valence-corrected chi connectivity index (χ3v) is 4.63. The maximum Gasteiger partial charge on any atom is 0.262 e. The van der Waals surface area contributed by atoms with E-state index in [4.69, 9.17) is 0 Å². The van der Waals surface area contributed by atoms with Gasteiger partial charge in [0.2, 0.25) is 0 Å². The van der Waals surface area contributed by atoms with E-state index in [1.165, 1.54) is 12.1 Å². The number of aromatic nitrogens is 2. The fourth-order valence-corrected chi connectivity index (χ4v) is 3.51. The van der Waals surface area contributed by atoms with E-state index in [0.29, 0.717) is 17.1 Å². The summed E-state index contributed by atoms with van der Waals surface area (Å²) in [7, 11) is 0. The average molecular weight is 347 g/mol. The maximum atomic E-state index is 13.4. The van der Waals surface area contributed by atoms with Crippen LogP contribution in [0.15, 0.2) is 54.7 Å². The monoisotopic (exact) mass is 347 g/mol. The number of benzene rings is 1. The van der Waals surface area contributed by atoms with Gasteiger partial charge in [-0.3, -0.25) is 14.7 Å². The van der Waals surface area contributed by atoms with Crippen LogP contribution in [0.3, 0.4) is 0 Å². The smallest absolute Gasteiger partial charge is 0.262 e. The first-order chi connectivity index (χ1) is 12.5. The Hall–Kier alpha value is -3.08. The lowest BCUT2D eigenvalue weighted by Crippen LogP contribution is -2.45. The van der Waals surface area contributed by atoms with Gasteiger partial charge in [-0.2, -0.15) is 0 Å². The Morgan fingerprint density at radius 1 is 1.15 bits per heavy atom. The topological polar surface area (TPSA) is 46.1 Å². The van der Waals surface area contributed by atoms with E-state index in [2.05, 4.69) is 9.97 Å². The second kappa shape index (κ2) is 6.33. The molecule has 1 amide bonds. The minimum atomic E-state index is -0.315. The normalized spacial score (nSPS) is 16.5. The van der Waals surface area contributed by atoms with Crippen LogP contribution < -0.4 is 4.90 Å². The Kier molecular flexibility index (Phi) is 3.99. The molecule has 5 heteroatoms. The van der Waals surface area contributed by atoms with E-state index < -0.39 is 0 Å². The molecule has 4 nitrogen and oxygen atoms in total. The van der Waals surface area contributed by atoms with Gasteiger partial charge in [0, 0.05) is 23.5 Å². The van der Waals surface area contributed by atoms with Crippen molar-refractivity contribution in [1.82, 2.24) is 9.97 Å². The molecule has 4 rings (SSSR count). The Bertz CT molecular complexity index is 971. The van der Waals surface area contributed by atoms with Crippen LogP contribution in [0.4, 0.5) is 10.2 Å². The number of pyridine rings is 2. The largest absolute Gasteiger partial charge is 0.289 e. The van der Waals surface area contributed by atoms with Gasteiger partial charge in [0.05, 0.1) is 11.3 Å². The van der Waals surface area contributed by atoms with Gasteiger partial charge in [-0.25, -0.2) is 9.37 Å². The molecular formula is C21H18FN3O. The first-order valence-corrected chi connectivity index (χ1v) is 8.55. The molecule has 26 heavy (non-hydrogen) atoms. The van der Waals surface area contributed by atoms with Crippen molar-refractivity contribution in [1.29, 1.82) is 0 Å². The quantitative estimate of drug-likeness (QED) is 0.698. The number of anilines is 1. The van der Waals surface area contributed by atoms with Gasteiger partial charge < -0.3 is 0 Å². The third-order valence-electron chi connectivity index (χ3n) is 4.63. The minimum Gasteiger partial charge on any atom is -0.289 e. The number of carbonyl (C=O) groups is 1. The fourth-order valence-electron chi connectivity index (χ4n) is 3.51. The van der Waals surface area contributed by atoms with Crippen molar-refractivity contribution < 1.29 is 9.18 Å². The Morgan fingerprint density at radius 3 is 2.62 bits per heavy atom. The molecule has 1 atom stereocenters. The second-order valence-corrected chi connectivity index (χ2v) is 6.57. The predicted octanol–water partition coefficient (Wildman–Crippen LogP) is 4.18. The van der Waals surface area contributed by atoms with Gasteiger partial charge in [0.15, 0.2) is 0 Å². The molecule has 0 N–H and O–H groups in total. The highest BCUT2D eigenvalue weighted by Crippen LogP contribution is 2.33. The Morgan fingerprint density at radius 2 is 1.92 bits per heavy atom. The van der Waals surface area contributed by atoms with Crippen LogP contribution in [0.2, 0.25) is 0 Å². The Balaban J connectivity index is 1.89. The van der Waals surface area contributed by atoms with Gasteiger partial charge in [-0.1, -0.05) is 6.07 Å². The zero-order valence-corrected chi connectivity index (χ0v) is 14.6. The van der Waals surface area contributed by atoms with E-state index in [9.17, 15) is 9.18 Å². The SMILES string of the molecule is Cc1cc2c(c(-c3ccc(F)cc3)n1)C(=O)N(c1ccccn1)C(C)C2. The van der Waals surface area contributed by atoms with Crippen LogP contribution in [0.5, 0.6) is 0 Å². The van der Waals surface area contributed by atoms with Crippen LogP contribution in [0.25, 0.3) is 11.3 Å².